The topological polar surface area (TPSA) is 52.3 Å². The van der Waals surface area contributed by atoms with Crippen molar-refractivity contribution in [3.05, 3.63) is 35.9 Å². The highest BCUT2D eigenvalue weighted by molar-refractivity contribution is 5.51. The van der Waals surface area contributed by atoms with E-state index in [4.69, 9.17) is 10.5 Å². The summed E-state index contributed by atoms with van der Waals surface area (Å²) in [6.45, 7) is 0. The quantitative estimate of drug-likeness (QED) is 0.563. The molecule has 0 aromatic heterocycles. The summed E-state index contributed by atoms with van der Waals surface area (Å²) in [4.78, 5) is 10.4. The summed E-state index contributed by atoms with van der Waals surface area (Å²) in [7, 11) is 1.52. The van der Waals surface area contributed by atoms with Crippen molar-refractivity contribution in [2.24, 2.45) is 5.73 Å². The maximum atomic E-state index is 10.4. The van der Waals surface area contributed by atoms with Crippen molar-refractivity contribution in [2.75, 3.05) is 7.11 Å². The van der Waals surface area contributed by atoms with E-state index in [-0.39, 0.29) is 6.42 Å². The Morgan fingerprint density at radius 3 is 2.57 bits per heavy atom. The van der Waals surface area contributed by atoms with E-state index in [9.17, 15) is 4.79 Å². The number of carbonyl (C=O) groups is 1. The molecular weight excluding hydrogens is 178 g/mol. The van der Waals surface area contributed by atoms with Gasteiger partial charge in [-0.25, -0.2) is 0 Å². The normalized spacial score (nSPS) is 14.7. The van der Waals surface area contributed by atoms with E-state index in [1.54, 1.807) is 0 Å². The molecule has 0 aliphatic heterocycles. The van der Waals surface area contributed by atoms with E-state index >= 15 is 0 Å². The van der Waals surface area contributed by atoms with Crippen LogP contribution in [-0.4, -0.2) is 19.1 Å². The predicted octanol–water partition coefficient (Wildman–Crippen LogP) is 1.12. The van der Waals surface area contributed by atoms with Crippen LogP contribution in [-0.2, 0) is 16.0 Å². The van der Waals surface area contributed by atoms with Gasteiger partial charge in [0.15, 0.2) is 0 Å². The van der Waals surface area contributed by atoms with E-state index in [1.165, 1.54) is 7.11 Å². The first-order valence-electron chi connectivity index (χ1n) is 4.52. The molecule has 0 spiro atoms. The molecule has 0 aliphatic carbocycles. The highest BCUT2D eigenvalue weighted by atomic mass is 16.5. The Kier molecular flexibility index (Phi) is 3.80. The molecule has 3 heteroatoms. The summed E-state index contributed by atoms with van der Waals surface area (Å²) < 4.78 is 5.13. The SMILES string of the molecule is COC(N)(CC=O)Cc1ccccc1. The third kappa shape index (κ3) is 2.94. The maximum absolute atomic E-state index is 10.4. The molecule has 2 N–H and O–H groups in total. The molecule has 0 saturated heterocycles. The van der Waals surface area contributed by atoms with Gasteiger partial charge in [-0.3, -0.25) is 0 Å². The average Bonchev–Trinajstić information content (AvgIpc) is 2.20. The molecule has 0 saturated carbocycles. The summed E-state index contributed by atoms with van der Waals surface area (Å²) >= 11 is 0. The minimum atomic E-state index is -0.872. The van der Waals surface area contributed by atoms with Gasteiger partial charge in [-0.15, -0.1) is 0 Å². The molecular formula is C11H15NO2. The Bertz CT molecular complexity index is 287. The summed E-state index contributed by atoms with van der Waals surface area (Å²) in [5.74, 6) is 0. The van der Waals surface area contributed by atoms with E-state index in [1.807, 2.05) is 30.3 Å². The highest BCUT2D eigenvalue weighted by Crippen LogP contribution is 2.14. The molecule has 14 heavy (non-hydrogen) atoms. The van der Waals surface area contributed by atoms with Crippen molar-refractivity contribution < 1.29 is 9.53 Å². The van der Waals surface area contributed by atoms with Crippen molar-refractivity contribution in [1.29, 1.82) is 0 Å². The fraction of sp³-hybridized carbons (Fsp3) is 0.364. The Balaban J connectivity index is 2.70. The molecule has 1 atom stereocenters. The van der Waals surface area contributed by atoms with Gasteiger partial charge in [0.05, 0.1) is 0 Å². The molecule has 0 fully saturated rings. The molecule has 1 aromatic rings. The van der Waals surface area contributed by atoms with Crippen LogP contribution in [0.2, 0.25) is 0 Å². The molecule has 0 amide bonds. The zero-order valence-electron chi connectivity index (χ0n) is 8.27. The number of carbonyl (C=O) groups excluding carboxylic acids is 1. The minimum absolute atomic E-state index is 0.207. The molecule has 1 unspecified atom stereocenters. The Hall–Kier alpha value is -1.19. The van der Waals surface area contributed by atoms with E-state index in [0.29, 0.717) is 6.42 Å². The Labute approximate surface area is 83.9 Å². The van der Waals surface area contributed by atoms with Crippen molar-refractivity contribution in [2.45, 2.75) is 18.6 Å². The lowest BCUT2D eigenvalue weighted by molar-refractivity contribution is -0.113. The zero-order valence-corrected chi connectivity index (χ0v) is 8.27. The second-order valence-corrected chi connectivity index (χ2v) is 3.30. The Morgan fingerprint density at radius 1 is 1.43 bits per heavy atom. The van der Waals surface area contributed by atoms with Crippen LogP contribution in [0.15, 0.2) is 30.3 Å². The van der Waals surface area contributed by atoms with Crippen molar-refractivity contribution >= 4 is 6.29 Å². The number of ether oxygens (including phenoxy) is 1. The highest BCUT2D eigenvalue weighted by Gasteiger charge is 2.23. The molecule has 0 aliphatic rings. The van der Waals surface area contributed by atoms with E-state index in [0.717, 1.165) is 11.8 Å². The van der Waals surface area contributed by atoms with Gasteiger partial charge in [-0.2, -0.15) is 0 Å². The van der Waals surface area contributed by atoms with Gasteiger partial charge < -0.3 is 15.3 Å². The fourth-order valence-corrected chi connectivity index (χ4v) is 1.31. The Morgan fingerprint density at radius 2 is 2.07 bits per heavy atom. The number of benzene rings is 1. The van der Waals surface area contributed by atoms with Gasteiger partial charge in [0, 0.05) is 20.0 Å². The van der Waals surface area contributed by atoms with Crippen LogP contribution in [0.3, 0.4) is 0 Å². The first-order valence-corrected chi connectivity index (χ1v) is 4.52. The number of aldehydes is 1. The van der Waals surface area contributed by atoms with Crippen LogP contribution in [0.1, 0.15) is 12.0 Å². The fourth-order valence-electron chi connectivity index (χ4n) is 1.31. The van der Waals surface area contributed by atoms with Crippen LogP contribution in [0.5, 0.6) is 0 Å². The van der Waals surface area contributed by atoms with E-state index in [2.05, 4.69) is 0 Å². The van der Waals surface area contributed by atoms with Crippen LogP contribution in [0.4, 0.5) is 0 Å². The van der Waals surface area contributed by atoms with E-state index < -0.39 is 5.72 Å². The largest absolute Gasteiger partial charge is 0.363 e. The predicted molar refractivity (Wildman–Crippen MR) is 54.8 cm³/mol. The average molecular weight is 193 g/mol. The van der Waals surface area contributed by atoms with Crippen molar-refractivity contribution in [3.63, 3.8) is 0 Å². The molecule has 1 rings (SSSR count). The molecule has 1 aromatic carbocycles. The number of hydrogen-bond donors (Lipinski definition) is 1. The van der Waals surface area contributed by atoms with Gasteiger partial charge in [0.1, 0.15) is 12.0 Å². The zero-order chi connectivity index (χ0) is 10.4. The molecule has 3 nitrogen and oxygen atoms in total. The summed E-state index contributed by atoms with van der Waals surface area (Å²) in [6, 6.07) is 9.74. The molecule has 0 heterocycles. The number of nitrogens with two attached hydrogens (primary N) is 1. The van der Waals surface area contributed by atoms with Crippen molar-refractivity contribution in [1.82, 2.24) is 0 Å². The lowest BCUT2D eigenvalue weighted by Gasteiger charge is -2.25. The molecule has 76 valence electrons. The summed E-state index contributed by atoms with van der Waals surface area (Å²) in [6.07, 6.45) is 1.54. The number of methoxy groups -OCH3 is 1. The molecule has 0 bridgehead atoms. The first-order chi connectivity index (χ1) is 6.70. The van der Waals surface area contributed by atoms with Gasteiger partial charge >= 0.3 is 0 Å². The second kappa shape index (κ2) is 4.88. The van der Waals surface area contributed by atoms with Gasteiger partial charge in [0.2, 0.25) is 0 Å². The standard InChI is InChI=1S/C11H15NO2/c1-14-11(12,7-8-13)9-10-5-3-2-4-6-10/h2-6,8H,7,9,12H2,1H3. The van der Waals surface area contributed by atoms with Crippen LogP contribution in [0, 0.1) is 0 Å². The molecule has 0 radical (unpaired) electrons. The van der Waals surface area contributed by atoms with Crippen LogP contribution in [0.25, 0.3) is 0 Å². The lowest BCUT2D eigenvalue weighted by atomic mass is 10.0. The lowest BCUT2D eigenvalue weighted by Crippen LogP contribution is -2.44. The maximum Gasteiger partial charge on any atom is 0.127 e. The minimum Gasteiger partial charge on any atom is -0.363 e. The number of rotatable bonds is 5. The summed E-state index contributed by atoms with van der Waals surface area (Å²) in [5, 5.41) is 0. The van der Waals surface area contributed by atoms with Crippen molar-refractivity contribution in [3.8, 4) is 0 Å². The third-order valence-electron chi connectivity index (χ3n) is 2.18. The van der Waals surface area contributed by atoms with Gasteiger partial charge in [0.25, 0.3) is 0 Å². The first kappa shape index (κ1) is 10.9. The number of hydrogen-bond acceptors (Lipinski definition) is 3. The van der Waals surface area contributed by atoms with Crippen LogP contribution < -0.4 is 5.73 Å². The monoisotopic (exact) mass is 193 g/mol. The second-order valence-electron chi connectivity index (χ2n) is 3.30. The van der Waals surface area contributed by atoms with Crippen LogP contribution >= 0.6 is 0 Å². The third-order valence-corrected chi connectivity index (χ3v) is 2.18. The van der Waals surface area contributed by atoms with Gasteiger partial charge in [-0.05, 0) is 5.56 Å². The smallest absolute Gasteiger partial charge is 0.127 e. The van der Waals surface area contributed by atoms with Gasteiger partial charge in [-0.1, -0.05) is 30.3 Å². The summed E-state index contributed by atoms with van der Waals surface area (Å²) in [5.41, 5.74) is 6.08.